The average molecular weight is 211 g/mol. The van der Waals surface area contributed by atoms with Gasteiger partial charge in [-0.3, -0.25) is 4.79 Å². The third kappa shape index (κ3) is 3.18. The zero-order valence-electron chi connectivity index (χ0n) is 7.83. The van der Waals surface area contributed by atoms with Crippen molar-refractivity contribution in [3.8, 4) is 0 Å². The minimum absolute atomic E-state index is 0.213. The molecule has 0 saturated heterocycles. The van der Waals surface area contributed by atoms with Crippen molar-refractivity contribution >= 4 is 23.6 Å². The minimum atomic E-state index is -0.363. The Kier molecular flexibility index (Phi) is 3.65. The van der Waals surface area contributed by atoms with Gasteiger partial charge < -0.3 is 5.73 Å². The third-order valence-corrected chi connectivity index (χ3v) is 1.94. The molecule has 1 heterocycles. The van der Waals surface area contributed by atoms with Crippen LogP contribution in [0.2, 0.25) is 5.15 Å². The van der Waals surface area contributed by atoms with E-state index < -0.39 is 0 Å². The topological polar surface area (TPSA) is 56.0 Å². The first-order valence-electron chi connectivity index (χ1n) is 4.17. The predicted octanol–water partition coefficient (Wildman–Crippen LogP) is 1.93. The summed E-state index contributed by atoms with van der Waals surface area (Å²) in [5, 5.41) is 0.436. The van der Waals surface area contributed by atoms with Gasteiger partial charge >= 0.3 is 0 Å². The summed E-state index contributed by atoms with van der Waals surface area (Å²) in [6.45, 7) is 1.86. The molecule has 14 heavy (non-hydrogen) atoms. The van der Waals surface area contributed by atoms with Crippen molar-refractivity contribution in [3.63, 3.8) is 0 Å². The van der Waals surface area contributed by atoms with Crippen molar-refractivity contribution in [3.05, 3.63) is 34.6 Å². The Morgan fingerprint density at radius 1 is 1.64 bits per heavy atom. The van der Waals surface area contributed by atoms with Gasteiger partial charge in [-0.05, 0) is 13.0 Å². The van der Waals surface area contributed by atoms with Gasteiger partial charge in [0.05, 0.1) is 0 Å². The molecule has 1 aromatic heterocycles. The summed E-state index contributed by atoms with van der Waals surface area (Å²) in [6.07, 6.45) is 3.62. The van der Waals surface area contributed by atoms with Gasteiger partial charge in [0, 0.05) is 17.7 Å². The summed E-state index contributed by atoms with van der Waals surface area (Å²) >= 11 is 5.87. The molecule has 0 unspecified atom stereocenters. The van der Waals surface area contributed by atoms with Crippen LogP contribution in [0.5, 0.6) is 0 Å². The van der Waals surface area contributed by atoms with Crippen molar-refractivity contribution in [1.82, 2.24) is 4.98 Å². The van der Waals surface area contributed by atoms with Crippen LogP contribution in [0.3, 0.4) is 0 Å². The van der Waals surface area contributed by atoms with E-state index in [1.165, 1.54) is 0 Å². The fourth-order valence-electron chi connectivity index (χ4n) is 0.962. The summed E-state index contributed by atoms with van der Waals surface area (Å²) in [7, 11) is 0. The molecule has 0 saturated carbocycles. The number of aryl methyl sites for hydroxylation is 1. The molecule has 0 aliphatic rings. The van der Waals surface area contributed by atoms with E-state index >= 15 is 0 Å². The first-order valence-corrected chi connectivity index (χ1v) is 4.55. The lowest BCUT2D eigenvalue weighted by Gasteiger charge is -1.98. The zero-order chi connectivity index (χ0) is 10.6. The Bertz CT molecular complexity index is 374. The highest BCUT2D eigenvalue weighted by molar-refractivity contribution is 6.30. The number of hydrogen-bond acceptors (Lipinski definition) is 2. The summed E-state index contributed by atoms with van der Waals surface area (Å²) in [5.74, 6) is -0.363. The molecule has 1 aromatic rings. The van der Waals surface area contributed by atoms with Crippen LogP contribution >= 0.6 is 11.6 Å². The zero-order valence-corrected chi connectivity index (χ0v) is 8.58. The second kappa shape index (κ2) is 4.77. The van der Waals surface area contributed by atoms with Crippen LogP contribution in [0.25, 0.3) is 6.08 Å². The molecule has 0 fully saturated rings. The number of nitrogens with two attached hydrogens (primary N) is 1. The Morgan fingerprint density at radius 3 is 2.93 bits per heavy atom. The van der Waals surface area contributed by atoms with Crippen molar-refractivity contribution < 1.29 is 4.79 Å². The van der Waals surface area contributed by atoms with Gasteiger partial charge in [-0.25, -0.2) is 4.98 Å². The second-order valence-electron chi connectivity index (χ2n) is 2.91. The van der Waals surface area contributed by atoms with E-state index in [2.05, 4.69) is 4.98 Å². The number of halogens is 1. The number of pyridine rings is 1. The van der Waals surface area contributed by atoms with E-state index in [0.29, 0.717) is 5.15 Å². The molecule has 0 aliphatic carbocycles. The molecule has 0 spiro atoms. The maximum atomic E-state index is 10.5. The molecule has 0 radical (unpaired) electrons. The van der Waals surface area contributed by atoms with Gasteiger partial charge in [0.15, 0.2) is 0 Å². The molecule has 4 heteroatoms. The van der Waals surface area contributed by atoms with Crippen LogP contribution in [-0.4, -0.2) is 10.9 Å². The number of nitrogens with zero attached hydrogens (tertiary/aromatic N) is 1. The molecule has 3 nitrogen and oxygen atoms in total. The molecule has 0 aromatic carbocycles. The van der Waals surface area contributed by atoms with Crippen molar-refractivity contribution in [1.29, 1.82) is 0 Å². The normalized spacial score (nSPS) is 10.7. The number of amides is 1. The van der Waals surface area contributed by atoms with E-state index in [4.69, 9.17) is 17.3 Å². The van der Waals surface area contributed by atoms with E-state index in [1.54, 1.807) is 12.2 Å². The van der Waals surface area contributed by atoms with Crippen LogP contribution < -0.4 is 5.73 Å². The lowest BCUT2D eigenvalue weighted by Crippen LogP contribution is -2.07. The fraction of sp³-hybridized carbons (Fsp3) is 0.200. The highest BCUT2D eigenvalue weighted by Gasteiger charge is 1.97. The Hall–Kier alpha value is -1.35. The number of rotatable bonds is 3. The van der Waals surface area contributed by atoms with E-state index in [-0.39, 0.29) is 12.3 Å². The third-order valence-electron chi connectivity index (χ3n) is 1.63. The molecule has 2 N–H and O–H groups in total. The molecular formula is C10H11ClN2O. The summed E-state index contributed by atoms with van der Waals surface area (Å²) < 4.78 is 0. The van der Waals surface area contributed by atoms with Crippen LogP contribution in [0.4, 0.5) is 0 Å². The van der Waals surface area contributed by atoms with Gasteiger partial charge in [-0.1, -0.05) is 29.8 Å². The van der Waals surface area contributed by atoms with Crippen molar-refractivity contribution in [2.75, 3.05) is 0 Å². The second-order valence-corrected chi connectivity index (χ2v) is 3.26. The lowest BCUT2D eigenvalue weighted by molar-refractivity contribution is -0.117. The first-order chi connectivity index (χ1) is 6.59. The van der Waals surface area contributed by atoms with Gasteiger partial charge in [0.2, 0.25) is 5.91 Å². The fourth-order valence-corrected chi connectivity index (χ4v) is 1.22. The van der Waals surface area contributed by atoms with E-state index in [9.17, 15) is 4.79 Å². The number of primary amides is 1. The van der Waals surface area contributed by atoms with E-state index in [0.717, 1.165) is 11.3 Å². The largest absolute Gasteiger partial charge is 0.369 e. The predicted molar refractivity (Wildman–Crippen MR) is 56.8 cm³/mol. The standard InChI is InChI=1S/C10H11ClN2O/c1-7-5-6-8(10(11)13-7)3-2-4-9(12)14/h2-3,5-6H,4H2,1H3,(H2,12,14). The van der Waals surface area contributed by atoms with Gasteiger partial charge in [0.25, 0.3) is 0 Å². The highest BCUT2D eigenvalue weighted by atomic mass is 35.5. The Morgan fingerprint density at radius 2 is 2.36 bits per heavy atom. The van der Waals surface area contributed by atoms with Crippen molar-refractivity contribution in [2.24, 2.45) is 5.73 Å². The molecule has 0 bridgehead atoms. The Balaban J connectivity index is 2.76. The minimum Gasteiger partial charge on any atom is -0.369 e. The average Bonchev–Trinajstić information content (AvgIpc) is 2.08. The smallest absolute Gasteiger partial charge is 0.221 e. The number of carbonyl (C=O) groups excluding carboxylic acids is 1. The van der Waals surface area contributed by atoms with Gasteiger partial charge in [-0.2, -0.15) is 0 Å². The SMILES string of the molecule is Cc1ccc(C=CCC(N)=O)c(Cl)n1. The Labute approximate surface area is 87.6 Å². The molecule has 0 atom stereocenters. The van der Waals surface area contributed by atoms with Crippen LogP contribution in [0, 0.1) is 6.92 Å². The molecule has 1 amide bonds. The highest BCUT2D eigenvalue weighted by Crippen LogP contribution is 2.15. The molecular weight excluding hydrogens is 200 g/mol. The maximum Gasteiger partial charge on any atom is 0.221 e. The van der Waals surface area contributed by atoms with Gasteiger partial charge in [0.1, 0.15) is 5.15 Å². The van der Waals surface area contributed by atoms with Crippen molar-refractivity contribution in [2.45, 2.75) is 13.3 Å². The molecule has 74 valence electrons. The number of aromatic nitrogens is 1. The molecule has 1 rings (SSSR count). The maximum absolute atomic E-state index is 10.5. The van der Waals surface area contributed by atoms with Crippen LogP contribution in [-0.2, 0) is 4.79 Å². The molecule has 0 aliphatic heterocycles. The summed E-state index contributed by atoms with van der Waals surface area (Å²) in [4.78, 5) is 14.5. The van der Waals surface area contributed by atoms with Crippen LogP contribution in [0.15, 0.2) is 18.2 Å². The summed E-state index contributed by atoms with van der Waals surface area (Å²) in [6, 6.07) is 3.71. The quantitative estimate of drug-likeness (QED) is 0.776. The summed E-state index contributed by atoms with van der Waals surface area (Å²) in [5.41, 5.74) is 6.63. The van der Waals surface area contributed by atoms with Crippen LogP contribution in [0.1, 0.15) is 17.7 Å². The van der Waals surface area contributed by atoms with Gasteiger partial charge in [-0.15, -0.1) is 0 Å². The lowest BCUT2D eigenvalue weighted by atomic mass is 10.2. The monoisotopic (exact) mass is 210 g/mol. The number of hydrogen-bond donors (Lipinski definition) is 1. The first kappa shape index (κ1) is 10.7. The van der Waals surface area contributed by atoms with E-state index in [1.807, 2.05) is 19.1 Å². The number of carbonyl (C=O) groups is 1.